The van der Waals surface area contributed by atoms with Gasteiger partial charge in [0.25, 0.3) is 0 Å². The molecular weight excluding hydrogens is 268 g/mol. The molecule has 0 amide bonds. The van der Waals surface area contributed by atoms with Crippen molar-refractivity contribution in [2.75, 3.05) is 13.2 Å². The molecule has 1 aliphatic rings. The van der Waals surface area contributed by atoms with E-state index in [4.69, 9.17) is 14.2 Å². The van der Waals surface area contributed by atoms with Crippen LogP contribution in [0.3, 0.4) is 0 Å². The summed E-state index contributed by atoms with van der Waals surface area (Å²) in [5.41, 5.74) is 1.48. The van der Waals surface area contributed by atoms with Gasteiger partial charge < -0.3 is 14.2 Å². The Hall–Kier alpha value is -2.33. The molecule has 1 fully saturated rings. The van der Waals surface area contributed by atoms with Gasteiger partial charge in [-0.05, 0) is 29.8 Å². The van der Waals surface area contributed by atoms with Crippen LogP contribution in [-0.4, -0.2) is 25.3 Å². The molecule has 0 spiro atoms. The van der Waals surface area contributed by atoms with Gasteiger partial charge in [0.15, 0.2) is 0 Å². The van der Waals surface area contributed by atoms with Crippen LogP contribution >= 0.6 is 0 Å². The van der Waals surface area contributed by atoms with Gasteiger partial charge in [-0.3, -0.25) is 0 Å². The van der Waals surface area contributed by atoms with E-state index in [9.17, 15) is 4.79 Å². The molecule has 1 heterocycles. The molecule has 1 saturated heterocycles. The predicted molar refractivity (Wildman–Crippen MR) is 77.2 cm³/mol. The molecule has 4 nitrogen and oxygen atoms in total. The number of carbonyl (C=O) groups is 1. The largest absolute Gasteiger partial charge is 0.491 e. The van der Waals surface area contributed by atoms with Crippen molar-refractivity contribution in [3.8, 4) is 5.75 Å². The predicted octanol–water partition coefficient (Wildman–Crippen LogP) is 2.82. The zero-order valence-electron chi connectivity index (χ0n) is 11.5. The fourth-order valence-electron chi connectivity index (χ4n) is 1.85. The lowest BCUT2D eigenvalue weighted by atomic mass is 10.2. The van der Waals surface area contributed by atoms with E-state index in [1.807, 2.05) is 30.3 Å². The van der Waals surface area contributed by atoms with Crippen LogP contribution in [0.25, 0.3) is 0 Å². The van der Waals surface area contributed by atoms with Crippen molar-refractivity contribution in [2.45, 2.75) is 12.7 Å². The molecule has 108 valence electrons. The Bertz CT molecular complexity index is 588. The Labute approximate surface area is 123 Å². The zero-order valence-corrected chi connectivity index (χ0v) is 11.5. The van der Waals surface area contributed by atoms with E-state index in [-0.39, 0.29) is 18.7 Å². The number of hydrogen-bond acceptors (Lipinski definition) is 4. The lowest BCUT2D eigenvalue weighted by molar-refractivity contribution is 0.0472. The molecule has 1 aliphatic heterocycles. The van der Waals surface area contributed by atoms with E-state index in [2.05, 4.69) is 0 Å². The summed E-state index contributed by atoms with van der Waals surface area (Å²) in [5, 5.41) is 0. The van der Waals surface area contributed by atoms with Gasteiger partial charge in [-0.15, -0.1) is 0 Å². The Morgan fingerprint density at radius 2 is 1.81 bits per heavy atom. The summed E-state index contributed by atoms with van der Waals surface area (Å²) in [6, 6.07) is 16.5. The van der Waals surface area contributed by atoms with Crippen LogP contribution in [0.5, 0.6) is 5.75 Å². The second-order valence-corrected chi connectivity index (χ2v) is 4.85. The topological polar surface area (TPSA) is 48.1 Å². The van der Waals surface area contributed by atoms with Crippen molar-refractivity contribution in [3.05, 3.63) is 65.7 Å². The average molecular weight is 284 g/mol. The first-order valence-corrected chi connectivity index (χ1v) is 6.87. The third kappa shape index (κ3) is 4.07. The minimum Gasteiger partial charge on any atom is -0.491 e. The number of epoxide rings is 1. The Kier molecular flexibility index (Phi) is 4.17. The van der Waals surface area contributed by atoms with Gasteiger partial charge in [0.05, 0.1) is 12.2 Å². The van der Waals surface area contributed by atoms with Crippen LogP contribution in [0.15, 0.2) is 54.6 Å². The third-order valence-electron chi connectivity index (χ3n) is 3.14. The van der Waals surface area contributed by atoms with E-state index in [1.54, 1.807) is 24.3 Å². The smallest absolute Gasteiger partial charge is 0.338 e. The van der Waals surface area contributed by atoms with Crippen molar-refractivity contribution in [2.24, 2.45) is 0 Å². The normalized spacial score (nSPS) is 16.3. The summed E-state index contributed by atoms with van der Waals surface area (Å²) in [6.45, 7) is 1.60. The van der Waals surface area contributed by atoms with Crippen molar-refractivity contribution < 1.29 is 19.0 Å². The quantitative estimate of drug-likeness (QED) is 0.604. The maximum Gasteiger partial charge on any atom is 0.338 e. The SMILES string of the molecule is O=C(OCc1ccccc1)c1ccc(OCC2CO2)cc1. The molecular formula is C17H16O4. The summed E-state index contributed by atoms with van der Waals surface area (Å²) in [5.74, 6) is 0.390. The number of ether oxygens (including phenoxy) is 3. The molecule has 0 aromatic heterocycles. The van der Waals surface area contributed by atoms with Crippen molar-refractivity contribution in [3.63, 3.8) is 0 Å². The first-order chi connectivity index (χ1) is 10.3. The Morgan fingerprint density at radius 3 is 2.48 bits per heavy atom. The van der Waals surface area contributed by atoms with Crippen molar-refractivity contribution in [1.82, 2.24) is 0 Å². The molecule has 1 unspecified atom stereocenters. The van der Waals surface area contributed by atoms with Crippen molar-refractivity contribution in [1.29, 1.82) is 0 Å². The van der Waals surface area contributed by atoms with Gasteiger partial charge in [0.2, 0.25) is 0 Å². The lowest BCUT2D eigenvalue weighted by Gasteiger charge is -2.07. The monoisotopic (exact) mass is 284 g/mol. The molecule has 0 bridgehead atoms. The number of hydrogen-bond donors (Lipinski definition) is 0. The highest BCUT2D eigenvalue weighted by molar-refractivity contribution is 5.89. The number of rotatable bonds is 6. The Morgan fingerprint density at radius 1 is 1.10 bits per heavy atom. The van der Waals surface area contributed by atoms with Crippen LogP contribution in [0.4, 0.5) is 0 Å². The molecule has 2 aromatic carbocycles. The van der Waals surface area contributed by atoms with E-state index in [1.165, 1.54) is 0 Å². The van der Waals surface area contributed by atoms with E-state index in [0.717, 1.165) is 17.9 Å². The van der Waals surface area contributed by atoms with Gasteiger partial charge in [-0.1, -0.05) is 30.3 Å². The standard InChI is InChI=1S/C17H16O4/c18-17(21-10-13-4-2-1-3-5-13)14-6-8-15(9-7-14)19-11-16-12-20-16/h1-9,16H,10-12H2. The lowest BCUT2D eigenvalue weighted by Crippen LogP contribution is -2.06. The highest BCUT2D eigenvalue weighted by atomic mass is 16.6. The summed E-state index contributed by atoms with van der Waals surface area (Å²) < 4.78 is 15.8. The third-order valence-corrected chi connectivity index (χ3v) is 3.14. The van der Waals surface area contributed by atoms with Crippen LogP contribution in [0, 0.1) is 0 Å². The van der Waals surface area contributed by atoms with E-state index < -0.39 is 0 Å². The Balaban J connectivity index is 1.51. The first kappa shape index (κ1) is 13.6. The summed E-state index contributed by atoms with van der Waals surface area (Å²) in [6.07, 6.45) is 0.223. The maximum absolute atomic E-state index is 11.9. The molecule has 0 radical (unpaired) electrons. The van der Waals surface area contributed by atoms with Crippen LogP contribution < -0.4 is 4.74 Å². The second kappa shape index (κ2) is 6.41. The molecule has 21 heavy (non-hydrogen) atoms. The zero-order chi connectivity index (χ0) is 14.5. The van der Waals surface area contributed by atoms with Crippen LogP contribution in [0.1, 0.15) is 15.9 Å². The summed E-state index contributed by atoms with van der Waals surface area (Å²) in [7, 11) is 0. The molecule has 0 saturated carbocycles. The molecule has 3 rings (SSSR count). The minimum absolute atomic E-state index is 0.223. The summed E-state index contributed by atoms with van der Waals surface area (Å²) >= 11 is 0. The molecule has 2 aromatic rings. The van der Waals surface area contributed by atoms with Crippen molar-refractivity contribution >= 4 is 5.97 Å². The second-order valence-electron chi connectivity index (χ2n) is 4.85. The number of carbonyl (C=O) groups excluding carboxylic acids is 1. The highest BCUT2D eigenvalue weighted by Crippen LogP contribution is 2.16. The summed E-state index contributed by atoms with van der Waals surface area (Å²) in [4.78, 5) is 11.9. The highest BCUT2D eigenvalue weighted by Gasteiger charge is 2.23. The molecule has 1 atom stereocenters. The minimum atomic E-state index is -0.337. The maximum atomic E-state index is 11.9. The first-order valence-electron chi connectivity index (χ1n) is 6.87. The van der Waals surface area contributed by atoms with Crippen LogP contribution in [0.2, 0.25) is 0 Å². The van der Waals surface area contributed by atoms with E-state index >= 15 is 0 Å². The fourth-order valence-corrected chi connectivity index (χ4v) is 1.85. The number of esters is 1. The van der Waals surface area contributed by atoms with Crippen LogP contribution in [-0.2, 0) is 16.1 Å². The van der Waals surface area contributed by atoms with Gasteiger partial charge >= 0.3 is 5.97 Å². The molecule has 0 N–H and O–H groups in total. The van der Waals surface area contributed by atoms with Gasteiger partial charge in [-0.25, -0.2) is 4.79 Å². The number of benzene rings is 2. The van der Waals surface area contributed by atoms with Gasteiger partial charge in [0, 0.05) is 0 Å². The van der Waals surface area contributed by atoms with Gasteiger partial charge in [-0.2, -0.15) is 0 Å². The molecule has 0 aliphatic carbocycles. The molecule has 4 heteroatoms. The van der Waals surface area contributed by atoms with Gasteiger partial charge in [0.1, 0.15) is 25.1 Å². The fraction of sp³-hybridized carbons (Fsp3) is 0.235. The average Bonchev–Trinajstić information content (AvgIpc) is 3.36. The van der Waals surface area contributed by atoms with E-state index in [0.29, 0.717) is 12.2 Å².